The molecule has 2 fully saturated rings. The fourth-order valence-electron chi connectivity index (χ4n) is 3.31. The van der Waals surface area contributed by atoms with Crippen LogP contribution in [0.4, 0.5) is 5.82 Å². The zero-order valence-electron chi connectivity index (χ0n) is 13.9. The van der Waals surface area contributed by atoms with E-state index in [0.29, 0.717) is 17.0 Å². The third-order valence-corrected chi connectivity index (χ3v) is 5.05. The fraction of sp³-hybridized carbons (Fsp3) is 0.688. The molecule has 0 radical (unpaired) electrons. The van der Waals surface area contributed by atoms with Crippen LogP contribution in [0.1, 0.15) is 18.7 Å². The van der Waals surface area contributed by atoms with Crippen molar-refractivity contribution in [2.24, 2.45) is 5.41 Å². The van der Waals surface area contributed by atoms with Crippen molar-refractivity contribution >= 4 is 17.0 Å². The largest absolute Gasteiger partial charge is 0.422 e. The van der Waals surface area contributed by atoms with Crippen molar-refractivity contribution < 1.29 is 4.42 Å². The van der Waals surface area contributed by atoms with Crippen molar-refractivity contribution in [2.45, 2.75) is 19.8 Å². The molecule has 1 aliphatic heterocycles. The van der Waals surface area contributed by atoms with Gasteiger partial charge in [-0.3, -0.25) is 0 Å². The summed E-state index contributed by atoms with van der Waals surface area (Å²) in [5.41, 5.74) is 1.69. The molecule has 1 aliphatic carbocycles. The molecular formula is C16H24N6O. The molecule has 0 atom stereocenters. The molecule has 1 N–H and O–H groups in total. The molecule has 0 unspecified atom stereocenters. The number of fused-ring (bicyclic) bond motifs is 1. The second-order valence-electron chi connectivity index (χ2n) is 7.04. The van der Waals surface area contributed by atoms with E-state index in [1.165, 1.54) is 51.9 Å². The summed E-state index contributed by atoms with van der Waals surface area (Å²) in [4.78, 5) is 17.9. The van der Waals surface area contributed by atoms with Gasteiger partial charge in [0.05, 0.1) is 0 Å². The van der Waals surface area contributed by atoms with Gasteiger partial charge >= 0.3 is 0 Å². The van der Waals surface area contributed by atoms with Crippen LogP contribution in [-0.2, 0) is 0 Å². The Morgan fingerprint density at radius 2 is 2.00 bits per heavy atom. The number of aryl methyl sites for hydroxylation is 1. The molecule has 1 saturated heterocycles. The first-order chi connectivity index (χ1) is 11.1. The van der Waals surface area contributed by atoms with Gasteiger partial charge in [0.15, 0.2) is 17.2 Å². The van der Waals surface area contributed by atoms with Crippen LogP contribution < -0.4 is 5.32 Å². The summed E-state index contributed by atoms with van der Waals surface area (Å²) in [7, 11) is 2.20. The number of likely N-dealkylation sites (N-methyl/N-ethyl adjacent to an activating group) is 1. The quantitative estimate of drug-likeness (QED) is 0.893. The Bertz CT molecular complexity index is 687. The predicted molar refractivity (Wildman–Crippen MR) is 88.4 cm³/mol. The molecule has 3 heterocycles. The lowest BCUT2D eigenvalue weighted by Crippen LogP contribution is -2.47. The van der Waals surface area contributed by atoms with Crippen LogP contribution in [0.5, 0.6) is 0 Å². The van der Waals surface area contributed by atoms with Gasteiger partial charge in [-0.15, -0.1) is 0 Å². The highest BCUT2D eigenvalue weighted by Crippen LogP contribution is 2.46. The van der Waals surface area contributed by atoms with Crippen LogP contribution in [-0.4, -0.2) is 71.1 Å². The SMILES string of the molecule is Cc1nc2c(NCC3(CN4CCN(C)CC4)CC3)ncnc2o1. The zero-order chi connectivity index (χ0) is 15.9. The van der Waals surface area contributed by atoms with E-state index in [-0.39, 0.29) is 0 Å². The Kier molecular flexibility index (Phi) is 3.69. The summed E-state index contributed by atoms with van der Waals surface area (Å²) in [6.07, 6.45) is 4.12. The van der Waals surface area contributed by atoms with Crippen molar-refractivity contribution in [2.75, 3.05) is 51.6 Å². The third kappa shape index (κ3) is 3.16. The lowest BCUT2D eigenvalue weighted by molar-refractivity contribution is 0.133. The number of nitrogens with zero attached hydrogens (tertiary/aromatic N) is 5. The molecule has 1 saturated carbocycles. The van der Waals surface area contributed by atoms with Crippen molar-refractivity contribution in [1.29, 1.82) is 0 Å². The molecule has 0 aromatic carbocycles. The molecule has 4 rings (SSSR count). The highest BCUT2D eigenvalue weighted by Gasteiger charge is 2.44. The van der Waals surface area contributed by atoms with Crippen molar-refractivity contribution in [3.63, 3.8) is 0 Å². The van der Waals surface area contributed by atoms with Gasteiger partial charge < -0.3 is 19.5 Å². The highest BCUT2D eigenvalue weighted by atomic mass is 16.4. The molecule has 2 aliphatic rings. The normalized spacial score (nSPS) is 21.7. The topological polar surface area (TPSA) is 70.3 Å². The second-order valence-corrected chi connectivity index (χ2v) is 7.04. The average Bonchev–Trinajstić information content (AvgIpc) is 3.19. The van der Waals surface area contributed by atoms with E-state index in [9.17, 15) is 0 Å². The monoisotopic (exact) mass is 316 g/mol. The maximum atomic E-state index is 5.47. The van der Waals surface area contributed by atoms with Crippen LogP contribution in [0.3, 0.4) is 0 Å². The lowest BCUT2D eigenvalue weighted by Gasteiger charge is -2.35. The number of hydrogen-bond acceptors (Lipinski definition) is 7. The number of oxazole rings is 1. The first-order valence-corrected chi connectivity index (χ1v) is 8.37. The minimum absolute atomic E-state index is 0.395. The van der Waals surface area contributed by atoms with Gasteiger partial charge in [0.1, 0.15) is 6.33 Å². The molecule has 7 heteroatoms. The zero-order valence-corrected chi connectivity index (χ0v) is 13.9. The number of hydrogen-bond donors (Lipinski definition) is 1. The lowest BCUT2D eigenvalue weighted by atomic mass is 10.1. The summed E-state index contributed by atoms with van der Waals surface area (Å²) in [5.74, 6) is 1.42. The van der Waals surface area contributed by atoms with Crippen molar-refractivity contribution in [1.82, 2.24) is 24.8 Å². The molecule has 0 bridgehead atoms. The van der Waals surface area contributed by atoms with Crippen LogP contribution in [0.15, 0.2) is 10.7 Å². The Labute approximate surface area is 136 Å². The Hall–Kier alpha value is -1.73. The van der Waals surface area contributed by atoms with Crippen LogP contribution >= 0.6 is 0 Å². The number of rotatable bonds is 5. The predicted octanol–water partition coefficient (Wildman–Crippen LogP) is 1.37. The Morgan fingerprint density at radius 1 is 1.22 bits per heavy atom. The maximum absolute atomic E-state index is 5.47. The average molecular weight is 316 g/mol. The summed E-state index contributed by atoms with van der Waals surface area (Å²) >= 11 is 0. The first kappa shape index (κ1) is 14.8. The summed E-state index contributed by atoms with van der Waals surface area (Å²) in [6.45, 7) is 8.66. The molecule has 23 heavy (non-hydrogen) atoms. The first-order valence-electron chi connectivity index (χ1n) is 8.37. The van der Waals surface area contributed by atoms with Crippen LogP contribution in [0.2, 0.25) is 0 Å². The van der Waals surface area contributed by atoms with Gasteiger partial charge in [-0.05, 0) is 19.9 Å². The second kappa shape index (κ2) is 5.72. The smallest absolute Gasteiger partial charge is 0.252 e. The maximum Gasteiger partial charge on any atom is 0.252 e. The minimum atomic E-state index is 0.395. The summed E-state index contributed by atoms with van der Waals surface area (Å²) in [6, 6.07) is 0. The molecule has 2 aromatic rings. The van der Waals surface area contributed by atoms with Gasteiger partial charge in [-0.2, -0.15) is 4.98 Å². The molecule has 0 spiro atoms. The summed E-state index contributed by atoms with van der Waals surface area (Å²) < 4.78 is 5.47. The van der Waals surface area contributed by atoms with E-state index in [1.807, 2.05) is 6.92 Å². The molecule has 7 nitrogen and oxygen atoms in total. The van der Waals surface area contributed by atoms with E-state index in [0.717, 1.165) is 17.9 Å². The van der Waals surface area contributed by atoms with E-state index < -0.39 is 0 Å². The Morgan fingerprint density at radius 3 is 2.74 bits per heavy atom. The van der Waals surface area contributed by atoms with E-state index in [2.05, 4.69) is 37.1 Å². The van der Waals surface area contributed by atoms with Gasteiger partial charge in [-0.1, -0.05) is 0 Å². The van der Waals surface area contributed by atoms with Gasteiger partial charge in [0.25, 0.3) is 5.71 Å². The van der Waals surface area contributed by atoms with Gasteiger partial charge in [0, 0.05) is 51.6 Å². The number of nitrogens with one attached hydrogen (secondary N) is 1. The molecular weight excluding hydrogens is 292 g/mol. The molecule has 124 valence electrons. The number of anilines is 1. The van der Waals surface area contributed by atoms with Crippen molar-refractivity contribution in [3.05, 3.63) is 12.2 Å². The fourth-order valence-corrected chi connectivity index (χ4v) is 3.31. The van der Waals surface area contributed by atoms with Crippen LogP contribution in [0.25, 0.3) is 11.2 Å². The standard InChI is InChI=1S/C16H24N6O/c1-12-20-13-14(18-11-19-15(13)23-12)17-9-16(3-4-16)10-22-7-5-21(2)6-8-22/h11H,3-10H2,1-2H3,(H,17,18,19). The van der Waals surface area contributed by atoms with Gasteiger partial charge in [-0.25, -0.2) is 9.97 Å². The van der Waals surface area contributed by atoms with Gasteiger partial charge in [0.2, 0.25) is 0 Å². The number of aromatic nitrogens is 3. The van der Waals surface area contributed by atoms with E-state index in [1.54, 1.807) is 0 Å². The van der Waals surface area contributed by atoms with Crippen LogP contribution in [0, 0.1) is 12.3 Å². The minimum Gasteiger partial charge on any atom is -0.422 e. The van der Waals surface area contributed by atoms with Crippen molar-refractivity contribution in [3.8, 4) is 0 Å². The highest BCUT2D eigenvalue weighted by molar-refractivity contribution is 5.80. The molecule has 2 aromatic heterocycles. The van der Waals surface area contributed by atoms with E-state index >= 15 is 0 Å². The van der Waals surface area contributed by atoms with E-state index in [4.69, 9.17) is 4.42 Å². The molecule has 0 amide bonds. The third-order valence-electron chi connectivity index (χ3n) is 5.05. The Balaban J connectivity index is 1.40. The summed E-state index contributed by atoms with van der Waals surface area (Å²) in [5, 5.41) is 3.49. The number of piperazine rings is 1.